The molecule has 0 spiro atoms. The van der Waals surface area contributed by atoms with Gasteiger partial charge >= 0.3 is 11.9 Å². The van der Waals surface area contributed by atoms with Crippen LogP contribution in [0.2, 0.25) is 0 Å². The van der Waals surface area contributed by atoms with Crippen LogP contribution in [0.3, 0.4) is 0 Å². The second-order valence-corrected chi connectivity index (χ2v) is 6.71. The Balaban J connectivity index is 0.000000604. The van der Waals surface area contributed by atoms with Crippen molar-refractivity contribution in [2.24, 2.45) is 7.05 Å². The first-order valence-corrected chi connectivity index (χ1v) is 9.91. The smallest absolute Gasteiger partial charge is 0.414 e. The van der Waals surface area contributed by atoms with E-state index in [0.29, 0.717) is 23.8 Å². The van der Waals surface area contributed by atoms with E-state index in [1.807, 2.05) is 54.2 Å². The number of ether oxygens (including phenoxy) is 4. The Morgan fingerprint density at radius 3 is 2.00 bits per heavy atom. The molecular formula is C23H27N3O8. The second kappa shape index (κ2) is 12.0. The van der Waals surface area contributed by atoms with E-state index in [4.69, 9.17) is 38.7 Å². The van der Waals surface area contributed by atoms with Crippen LogP contribution in [0.5, 0.6) is 23.0 Å². The Bertz CT molecular complexity index is 1110. The molecule has 0 amide bonds. The zero-order valence-electron chi connectivity index (χ0n) is 19.5. The minimum atomic E-state index is -1.82. The summed E-state index contributed by atoms with van der Waals surface area (Å²) in [7, 11) is 8.44. The number of anilines is 1. The fraction of sp³-hybridized carbons (Fsp3) is 0.261. The summed E-state index contributed by atoms with van der Waals surface area (Å²) in [6.45, 7) is 0.524. The first kappa shape index (κ1) is 25.8. The van der Waals surface area contributed by atoms with Gasteiger partial charge in [0, 0.05) is 24.7 Å². The third-order valence-corrected chi connectivity index (χ3v) is 4.78. The lowest BCUT2D eigenvalue weighted by Crippen LogP contribution is -2.09. The van der Waals surface area contributed by atoms with E-state index >= 15 is 0 Å². The summed E-state index contributed by atoms with van der Waals surface area (Å²) in [5, 5.41) is 18.1. The fourth-order valence-electron chi connectivity index (χ4n) is 3.08. The van der Waals surface area contributed by atoms with E-state index in [9.17, 15) is 0 Å². The van der Waals surface area contributed by atoms with Crippen LogP contribution in [0.1, 0.15) is 5.56 Å². The molecule has 182 valence electrons. The van der Waals surface area contributed by atoms with Crippen LogP contribution in [-0.2, 0) is 23.2 Å². The third kappa shape index (κ3) is 6.09. The quantitative estimate of drug-likeness (QED) is 0.418. The number of nitrogens with zero attached hydrogens (tertiary/aromatic N) is 2. The Morgan fingerprint density at radius 2 is 1.50 bits per heavy atom. The molecule has 0 bridgehead atoms. The molecule has 11 heteroatoms. The molecule has 0 aliphatic heterocycles. The Kier molecular flexibility index (Phi) is 9.12. The predicted octanol–water partition coefficient (Wildman–Crippen LogP) is 2.89. The molecular weight excluding hydrogens is 446 g/mol. The van der Waals surface area contributed by atoms with Gasteiger partial charge in [-0.1, -0.05) is 0 Å². The van der Waals surface area contributed by atoms with Crippen molar-refractivity contribution in [3.63, 3.8) is 0 Å². The molecule has 3 aromatic rings. The summed E-state index contributed by atoms with van der Waals surface area (Å²) in [5.74, 6) is -0.235. The average molecular weight is 473 g/mol. The van der Waals surface area contributed by atoms with Crippen molar-refractivity contribution < 1.29 is 38.7 Å². The molecule has 1 aromatic heterocycles. The maximum Gasteiger partial charge on any atom is 0.414 e. The van der Waals surface area contributed by atoms with Gasteiger partial charge in [-0.15, -0.1) is 0 Å². The first-order chi connectivity index (χ1) is 16.3. The normalized spacial score (nSPS) is 9.91. The van der Waals surface area contributed by atoms with Crippen molar-refractivity contribution in [1.82, 2.24) is 9.55 Å². The first-order valence-electron chi connectivity index (χ1n) is 9.91. The van der Waals surface area contributed by atoms with E-state index in [1.165, 1.54) is 0 Å². The number of methoxy groups -OCH3 is 4. The number of rotatable bonds is 8. The van der Waals surface area contributed by atoms with Gasteiger partial charge in [-0.2, -0.15) is 0 Å². The molecule has 0 fully saturated rings. The van der Waals surface area contributed by atoms with E-state index in [2.05, 4.69) is 10.3 Å². The maximum atomic E-state index is 9.10. The van der Waals surface area contributed by atoms with Crippen LogP contribution >= 0.6 is 0 Å². The van der Waals surface area contributed by atoms with Crippen molar-refractivity contribution in [2.75, 3.05) is 33.8 Å². The minimum Gasteiger partial charge on any atom is -0.497 e. The summed E-state index contributed by atoms with van der Waals surface area (Å²) in [4.78, 5) is 22.7. The van der Waals surface area contributed by atoms with Crippen molar-refractivity contribution in [1.29, 1.82) is 0 Å². The predicted molar refractivity (Wildman–Crippen MR) is 124 cm³/mol. The Hall–Kier alpha value is -4.41. The van der Waals surface area contributed by atoms with Crippen molar-refractivity contribution in [2.45, 2.75) is 6.54 Å². The highest BCUT2D eigenvalue weighted by Gasteiger charge is 2.16. The van der Waals surface area contributed by atoms with Gasteiger partial charge in [0.15, 0.2) is 11.5 Å². The van der Waals surface area contributed by atoms with E-state index in [0.717, 1.165) is 28.5 Å². The molecule has 0 radical (unpaired) electrons. The Labute approximate surface area is 196 Å². The van der Waals surface area contributed by atoms with Gasteiger partial charge in [-0.25, -0.2) is 14.6 Å². The monoisotopic (exact) mass is 473 g/mol. The summed E-state index contributed by atoms with van der Waals surface area (Å²) >= 11 is 0. The number of benzene rings is 2. The van der Waals surface area contributed by atoms with Gasteiger partial charge in [0.05, 0.1) is 40.3 Å². The topological polar surface area (TPSA) is 141 Å². The molecule has 3 rings (SSSR count). The standard InChI is InChI=1S/C21H25N3O4.C2H2O4/c1-24-17(14-6-9-16(25-2)10-7-14)13-23-21(24)22-12-15-8-11-18(26-3)20(28-5)19(15)27-4;3-1(4)2(5)6/h6-11,13H,12H2,1-5H3,(H,22,23);(H,3,4)(H,5,6). The summed E-state index contributed by atoms with van der Waals surface area (Å²) in [6.07, 6.45) is 1.84. The lowest BCUT2D eigenvalue weighted by molar-refractivity contribution is -0.159. The van der Waals surface area contributed by atoms with E-state index < -0.39 is 11.9 Å². The molecule has 0 atom stereocenters. The van der Waals surface area contributed by atoms with Crippen LogP contribution in [0.25, 0.3) is 11.3 Å². The van der Waals surface area contributed by atoms with E-state index in [1.54, 1.807) is 28.4 Å². The largest absolute Gasteiger partial charge is 0.497 e. The number of nitrogens with one attached hydrogen (secondary N) is 1. The third-order valence-electron chi connectivity index (χ3n) is 4.78. The zero-order valence-corrected chi connectivity index (χ0v) is 19.5. The van der Waals surface area contributed by atoms with Gasteiger partial charge < -0.3 is 39.0 Å². The zero-order chi connectivity index (χ0) is 25.3. The minimum absolute atomic E-state index is 0.524. The van der Waals surface area contributed by atoms with Crippen LogP contribution in [-0.4, -0.2) is 60.1 Å². The molecule has 0 saturated heterocycles. The van der Waals surface area contributed by atoms with E-state index in [-0.39, 0.29) is 0 Å². The van der Waals surface area contributed by atoms with Gasteiger partial charge in [-0.3, -0.25) is 0 Å². The SMILES string of the molecule is COc1ccc(-c2cnc(NCc3ccc(OC)c(OC)c3OC)n2C)cc1.O=C(O)C(=O)O. The van der Waals surface area contributed by atoms with Crippen molar-refractivity contribution >= 4 is 17.9 Å². The maximum absolute atomic E-state index is 9.10. The molecule has 2 aromatic carbocycles. The van der Waals surface area contributed by atoms with Crippen LogP contribution in [0, 0.1) is 0 Å². The number of carboxylic acid groups (broad SMARTS) is 2. The van der Waals surface area contributed by atoms with Gasteiger partial charge in [0.1, 0.15) is 5.75 Å². The summed E-state index contributed by atoms with van der Waals surface area (Å²) < 4.78 is 23.5. The highest BCUT2D eigenvalue weighted by Crippen LogP contribution is 2.40. The molecule has 0 aliphatic rings. The lowest BCUT2D eigenvalue weighted by atomic mass is 10.1. The molecule has 11 nitrogen and oxygen atoms in total. The summed E-state index contributed by atoms with van der Waals surface area (Å²) in [5.41, 5.74) is 3.01. The number of carboxylic acids is 2. The molecule has 0 unspecified atom stereocenters. The number of carbonyl (C=O) groups is 2. The fourth-order valence-corrected chi connectivity index (χ4v) is 3.08. The van der Waals surface area contributed by atoms with Crippen LogP contribution < -0.4 is 24.3 Å². The molecule has 3 N–H and O–H groups in total. The second-order valence-electron chi connectivity index (χ2n) is 6.71. The van der Waals surface area contributed by atoms with Gasteiger partial charge in [-0.05, 0) is 36.4 Å². The summed E-state index contributed by atoms with van der Waals surface area (Å²) in [6, 6.07) is 11.7. The number of hydrogen-bond donors (Lipinski definition) is 3. The van der Waals surface area contributed by atoms with Crippen LogP contribution in [0.15, 0.2) is 42.6 Å². The number of aliphatic carboxylic acids is 2. The van der Waals surface area contributed by atoms with Gasteiger partial charge in [0.2, 0.25) is 11.7 Å². The van der Waals surface area contributed by atoms with Gasteiger partial charge in [0.25, 0.3) is 0 Å². The molecule has 34 heavy (non-hydrogen) atoms. The average Bonchev–Trinajstić information content (AvgIpc) is 3.22. The molecule has 0 aliphatic carbocycles. The molecule has 1 heterocycles. The lowest BCUT2D eigenvalue weighted by Gasteiger charge is -2.16. The highest BCUT2D eigenvalue weighted by atomic mass is 16.5. The highest BCUT2D eigenvalue weighted by molar-refractivity contribution is 6.27. The number of aromatic nitrogens is 2. The number of hydrogen-bond acceptors (Lipinski definition) is 8. The Morgan fingerprint density at radius 1 is 0.882 bits per heavy atom. The molecule has 0 saturated carbocycles. The number of imidazole rings is 1. The van der Waals surface area contributed by atoms with Crippen molar-refractivity contribution in [3.05, 3.63) is 48.2 Å². The van der Waals surface area contributed by atoms with Crippen LogP contribution in [0.4, 0.5) is 5.95 Å². The van der Waals surface area contributed by atoms with Crippen molar-refractivity contribution in [3.8, 4) is 34.3 Å².